The lowest BCUT2D eigenvalue weighted by Crippen LogP contribution is -2.59. The molecule has 0 aromatic heterocycles. The Hall–Kier alpha value is -1.78. The number of carbonyl (C=O) groups is 2. The van der Waals surface area contributed by atoms with E-state index in [1.54, 1.807) is 12.2 Å². The molecule has 0 aromatic rings. The van der Waals surface area contributed by atoms with Gasteiger partial charge in [-0.05, 0) is 31.6 Å². The van der Waals surface area contributed by atoms with E-state index >= 15 is 0 Å². The largest absolute Gasteiger partial charge is 0.480 e. The molecule has 0 unspecified atom stereocenters. The van der Waals surface area contributed by atoms with Crippen LogP contribution in [0.5, 0.6) is 0 Å². The monoisotopic (exact) mass is 294 g/mol. The van der Waals surface area contributed by atoms with Gasteiger partial charge in [0.2, 0.25) is 0 Å². The molecular formula is C16H26N2O3. The van der Waals surface area contributed by atoms with Crippen LogP contribution in [-0.4, -0.2) is 40.6 Å². The summed E-state index contributed by atoms with van der Waals surface area (Å²) in [5.74, 6) is -0.380. The highest BCUT2D eigenvalue weighted by atomic mass is 16.4. The van der Waals surface area contributed by atoms with E-state index in [-0.39, 0.29) is 6.03 Å². The van der Waals surface area contributed by atoms with Crippen LogP contribution in [0.15, 0.2) is 25.3 Å². The molecule has 1 aliphatic rings. The van der Waals surface area contributed by atoms with E-state index in [0.29, 0.717) is 31.8 Å². The Morgan fingerprint density at radius 2 is 1.81 bits per heavy atom. The van der Waals surface area contributed by atoms with E-state index in [4.69, 9.17) is 0 Å². The quantitative estimate of drug-likeness (QED) is 0.709. The molecule has 1 aliphatic carbocycles. The summed E-state index contributed by atoms with van der Waals surface area (Å²) >= 11 is 0. The summed E-state index contributed by atoms with van der Waals surface area (Å²) in [7, 11) is 0. The summed E-state index contributed by atoms with van der Waals surface area (Å²) in [5.41, 5.74) is -1.14. The summed E-state index contributed by atoms with van der Waals surface area (Å²) in [4.78, 5) is 25.5. The Labute approximate surface area is 126 Å². The van der Waals surface area contributed by atoms with Crippen molar-refractivity contribution in [3.8, 4) is 0 Å². The molecule has 5 heteroatoms. The van der Waals surface area contributed by atoms with Crippen LogP contribution in [-0.2, 0) is 4.79 Å². The highest BCUT2D eigenvalue weighted by molar-refractivity contribution is 5.86. The SMILES string of the molecule is C=CCN(CC=C)C(=O)NC1(C(=O)O)CCC(CC)CC1. The molecule has 2 amide bonds. The number of carboxylic acids is 1. The van der Waals surface area contributed by atoms with Crippen molar-refractivity contribution in [2.24, 2.45) is 5.92 Å². The number of carboxylic acid groups (broad SMARTS) is 1. The fraction of sp³-hybridized carbons (Fsp3) is 0.625. The zero-order chi connectivity index (χ0) is 15.9. The molecular weight excluding hydrogens is 268 g/mol. The zero-order valence-electron chi connectivity index (χ0n) is 12.8. The first-order valence-corrected chi connectivity index (χ1v) is 7.51. The number of nitrogens with one attached hydrogen (secondary N) is 1. The number of aliphatic carboxylic acids is 1. The van der Waals surface area contributed by atoms with Gasteiger partial charge in [-0.15, -0.1) is 13.2 Å². The van der Waals surface area contributed by atoms with Gasteiger partial charge in [0, 0.05) is 13.1 Å². The molecule has 0 aliphatic heterocycles. The fourth-order valence-corrected chi connectivity index (χ4v) is 2.81. The molecule has 0 bridgehead atoms. The van der Waals surface area contributed by atoms with E-state index in [0.717, 1.165) is 19.3 Å². The number of urea groups is 1. The third kappa shape index (κ3) is 4.34. The molecule has 0 saturated heterocycles. The molecule has 5 nitrogen and oxygen atoms in total. The van der Waals surface area contributed by atoms with Gasteiger partial charge in [-0.25, -0.2) is 9.59 Å². The molecule has 1 fully saturated rings. The molecule has 118 valence electrons. The third-order valence-electron chi connectivity index (χ3n) is 4.28. The second-order valence-corrected chi connectivity index (χ2v) is 5.65. The van der Waals surface area contributed by atoms with Crippen LogP contribution in [0.2, 0.25) is 0 Å². The van der Waals surface area contributed by atoms with E-state index < -0.39 is 11.5 Å². The van der Waals surface area contributed by atoms with Gasteiger partial charge in [-0.2, -0.15) is 0 Å². The van der Waals surface area contributed by atoms with Crippen molar-refractivity contribution >= 4 is 12.0 Å². The van der Waals surface area contributed by atoms with Gasteiger partial charge < -0.3 is 15.3 Å². The van der Waals surface area contributed by atoms with Gasteiger partial charge in [0.25, 0.3) is 0 Å². The highest BCUT2D eigenvalue weighted by Crippen LogP contribution is 2.34. The maximum atomic E-state index is 12.3. The van der Waals surface area contributed by atoms with Gasteiger partial charge >= 0.3 is 12.0 Å². The molecule has 0 spiro atoms. The number of nitrogens with zero attached hydrogens (tertiary/aromatic N) is 1. The molecule has 0 aromatic carbocycles. The smallest absolute Gasteiger partial charge is 0.329 e. The first-order chi connectivity index (χ1) is 9.99. The molecule has 0 heterocycles. The van der Waals surface area contributed by atoms with Crippen molar-refractivity contribution in [1.29, 1.82) is 0 Å². The second kappa shape index (κ2) is 7.86. The average Bonchev–Trinajstić information content (AvgIpc) is 2.47. The van der Waals surface area contributed by atoms with Crippen molar-refractivity contribution in [1.82, 2.24) is 10.2 Å². The number of rotatable bonds is 7. The Morgan fingerprint density at radius 1 is 1.29 bits per heavy atom. The Morgan fingerprint density at radius 3 is 2.19 bits per heavy atom. The van der Waals surface area contributed by atoms with Crippen LogP contribution >= 0.6 is 0 Å². The fourth-order valence-electron chi connectivity index (χ4n) is 2.81. The molecule has 0 atom stereocenters. The molecule has 0 radical (unpaired) electrons. The van der Waals surface area contributed by atoms with Crippen molar-refractivity contribution < 1.29 is 14.7 Å². The second-order valence-electron chi connectivity index (χ2n) is 5.65. The van der Waals surface area contributed by atoms with E-state index in [1.807, 2.05) is 0 Å². The minimum atomic E-state index is -1.14. The normalized spacial score (nSPS) is 24.9. The first-order valence-electron chi connectivity index (χ1n) is 7.51. The molecule has 1 saturated carbocycles. The highest BCUT2D eigenvalue weighted by Gasteiger charge is 2.43. The van der Waals surface area contributed by atoms with Gasteiger partial charge in [0.15, 0.2) is 0 Å². The number of amides is 2. The van der Waals surface area contributed by atoms with E-state index in [9.17, 15) is 14.7 Å². The molecule has 1 rings (SSSR count). The van der Waals surface area contributed by atoms with Crippen LogP contribution in [0.3, 0.4) is 0 Å². The minimum absolute atomic E-state index is 0.366. The van der Waals surface area contributed by atoms with Gasteiger partial charge in [0.1, 0.15) is 5.54 Å². The third-order valence-corrected chi connectivity index (χ3v) is 4.28. The summed E-state index contributed by atoms with van der Waals surface area (Å²) in [5, 5.41) is 12.3. The average molecular weight is 294 g/mol. The van der Waals surface area contributed by atoms with Gasteiger partial charge in [0.05, 0.1) is 0 Å². The summed E-state index contributed by atoms with van der Waals surface area (Å²) in [6, 6.07) is -0.368. The van der Waals surface area contributed by atoms with Crippen LogP contribution in [0, 0.1) is 5.92 Å². The van der Waals surface area contributed by atoms with Crippen molar-refractivity contribution in [2.45, 2.75) is 44.6 Å². The maximum Gasteiger partial charge on any atom is 0.329 e. The van der Waals surface area contributed by atoms with E-state index in [1.165, 1.54) is 4.90 Å². The predicted octanol–water partition coefficient (Wildman–Crippen LogP) is 2.79. The van der Waals surface area contributed by atoms with Gasteiger partial charge in [-0.1, -0.05) is 25.5 Å². The van der Waals surface area contributed by atoms with Crippen LogP contribution in [0.4, 0.5) is 4.79 Å². The van der Waals surface area contributed by atoms with Crippen LogP contribution < -0.4 is 5.32 Å². The van der Waals surface area contributed by atoms with Crippen molar-refractivity contribution in [2.75, 3.05) is 13.1 Å². The zero-order valence-corrected chi connectivity index (χ0v) is 12.8. The van der Waals surface area contributed by atoms with Crippen LogP contribution in [0.25, 0.3) is 0 Å². The lowest BCUT2D eigenvalue weighted by Gasteiger charge is -2.38. The minimum Gasteiger partial charge on any atom is -0.480 e. The summed E-state index contributed by atoms with van der Waals surface area (Å²) in [6.45, 7) is 10.1. The number of hydrogen-bond donors (Lipinski definition) is 2. The first kappa shape index (κ1) is 17.3. The Kier molecular flexibility index (Phi) is 6.46. The molecule has 2 N–H and O–H groups in total. The van der Waals surface area contributed by atoms with E-state index in [2.05, 4.69) is 25.4 Å². The Balaban J connectivity index is 2.78. The topological polar surface area (TPSA) is 69.6 Å². The molecule has 21 heavy (non-hydrogen) atoms. The maximum absolute atomic E-state index is 12.3. The lowest BCUT2D eigenvalue weighted by atomic mass is 9.75. The van der Waals surface area contributed by atoms with Crippen molar-refractivity contribution in [3.63, 3.8) is 0 Å². The number of carbonyl (C=O) groups excluding carboxylic acids is 1. The summed E-state index contributed by atoms with van der Waals surface area (Å²) in [6.07, 6.45) is 6.95. The van der Waals surface area contributed by atoms with Gasteiger partial charge in [-0.3, -0.25) is 0 Å². The lowest BCUT2D eigenvalue weighted by molar-refractivity contribution is -0.146. The number of hydrogen-bond acceptors (Lipinski definition) is 2. The predicted molar refractivity (Wildman–Crippen MR) is 83.1 cm³/mol. The Bertz CT molecular complexity index is 388. The van der Waals surface area contributed by atoms with Crippen molar-refractivity contribution in [3.05, 3.63) is 25.3 Å². The standard InChI is InChI=1S/C16H26N2O3/c1-4-11-18(12-5-2)15(21)17-16(14(19)20)9-7-13(6-3)8-10-16/h4-5,13H,1-2,6-12H2,3H3,(H,17,21)(H,19,20). The summed E-state index contributed by atoms with van der Waals surface area (Å²) < 4.78 is 0. The van der Waals surface area contributed by atoms with Crippen LogP contribution in [0.1, 0.15) is 39.0 Å².